The minimum atomic E-state index is -0.460. The van der Waals surface area contributed by atoms with Gasteiger partial charge in [-0.1, -0.05) is 232 Å². The van der Waals surface area contributed by atoms with E-state index in [1.165, 1.54) is 99.5 Å². The van der Waals surface area contributed by atoms with Crippen LogP contribution in [-0.4, -0.2) is 19.1 Å². The average Bonchev–Trinajstić information content (AvgIpc) is 1.51. The molecule has 3 aromatic heterocycles. The number of rotatable bonds is 11. The summed E-state index contributed by atoms with van der Waals surface area (Å²) in [5, 5.41) is 5.03. The third-order valence-electron chi connectivity index (χ3n) is 22.0. The Bertz CT molecular complexity index is 6060. The second kappa shape index (κ2) is 23.3. The van der Waals surface area contributed by atoms with Crippen LogP contribution in [0.1, 0.15) is 48.9 Å². The third kappa shape index (κ3) is 9.04. The van der Waals surface area contributed by atoms with Crippen LogP contribution in [0.5, 0.6) is 0 Å². The summed E-state index contributed by atoms with van der Waals surface area (Å²) >= 11 is 0. The SMILES string of the molecule is CC1CC(n2c3ccccc3c3ccccc32)=CC=C1N(c1ccccc1)c1ccc(-c2nc3cccc(-c4ccc5c(c4)C4(C6=C(c7ccccc74)C(C)CC=C6)c4ccccc4-5)c3nc2-c2ccc(N(c3ccccc3)c3ccc(-n4c5ccccc5c5ccccc54)cc3)cc2)cc1. The Morgan fingerprint density at radius 1 is 0.366 bits per heavy atom. The number of fused-ring (bicyclic) bond motifs is 16. The van der Waals surface area contributed by atoms with E-state index in [0.29, 0.717) is 5.92 Å². The minimum Gasteiger partial charge on any atom is -0.314 e. The number of aromatic nitrogens is 4. The van der Waals surface area contributed by atoms with Gasteiger partial charge in [0.15, 0.2) is 0 Å². The first kappa shape index (κ1) is 58.5. The van der Waals surface area contributed by atoms with E-state index in [1.807, 2.05) is 0 Å². The lowest BCUT2D eigenvalue weighted by Crippen LogP contribution is -2.27. The van der Waals surface area contributed by atoms with Gasteiger partial charge in [0.25, 0.3) is 0 Å². The van der Waals surface area contributed by atoms with Gasteiger partial charge >= 0.3 is 0 Å². The molecule has 478 valence electrons. The summed E-state index contributed by atoms with van der Waals surface area (Å²) in [6.45, 7) is 4.77. The smallest absolute Gasteiger partial charge is 0.0973 e. The molecule has 0 aliphatic heterocycles. The molecular weight excluding hydrogens is 1230 g/mol. The van der Waals surface area contributed by atoms with Crippen molar-refractivity contribution in [3.8, 4) is 50.5 Å². The van der Waals surface area contributed by atoms with Crippen LogP contribution in [0.4, 0.5) is 28.4 Å². The lowest BCUT2D eigenvalue weighted by atomic mass is 9.68. The van der Waals surface area contributed by atoms with Crippen molar-refractivity contribution in [2.24, 2.45) is 11.8 Å². The van der Waals surface area contributed by atoms with E-state index in [4.69, 9.17) is 9.97 Å². The summed E-state index contributed by atoms with van der Waals surface area (Å²) in [5.41, 5.74) is 31.6. The molecule has 1 spiro atoms. The molecular formula is C95H68N6. The van der Waals surface area contributed by atoms with Crippen molar-refractivity contribution in [3.63, 3.8) is 0 Å². The van der Waals surface area contributed by atoms with Crippen LogP contribution in [-0.2, 0) is 5.41 Å². The molecule has 4 aliphatic rings. The standard InChI is InChI=1S/C95H68N6/c1-61-23-21-37-83-91(61)80-33-10-16-36-82(80)95(83)81-35-15-9-28-74(81)75-57-47-65(60-84(75)95)73-34-22-38-85-94(73)97-93(64-43-48-68(49-44-64)98(66-24-5-3-6-25-66)69-52-54-71(55-53-69)100-87-39-17-11-29-76(87)77-30-12-18-40-88(77)100)92(96-85)63-45-50-70(51-46-63)99(67-26-7-4-8-27-67)86-58-56-72(59-62(86)2)101-89-41-19-13-31-78(89)79-32-14-20-42-90(79)101/h3-22,24-58,60-62H,23,59H2,1-2H3. The Kier molecular flexibility index (Phi) is 13.5. The van der Waals surface area contributed by atoms with Crippen molar-refractivity contribution >= 4 is 94.4 Å². The fourth-order valence-corrected chi connectivity index (χ4v) is 17.6. The van der Waals surface area contributed by atoms with Gasteiger partial charge in [0, 0.05) is 89.7 Å². The van der Waals surface area contributed by atoms with E-state index in [-0.39, 0.29) is 5.92 Å². The number of allylic oxidation sites excluding steroid dienone is 8. The Morgan fingerprint density at radius 3 is 1.44 bits per heavy atom. The highest BCUT2D eigenvalue weighted by Gasteiger charge is 2.53. The average molecular weight is 1290 g/mol. The summed E-state index contributed by atoms with van der Waals surface area (Å²) in [7, 11) is 0. The van der Waals surface area contributed by atoms with E-state index in [9.17, 15) is 0 Å². The lowest BCUT2D eigenvalue weighted by Gasteiger charge is -2.34. The number of nitrogens with zero attached hydrogens (tertiary/aromatic N) is 6. The molecule has 101 heavy (non-hydrogen) atoms. The van der Waals surface area contributed by atoms with Crippen molar-refractivity contribution in [2.45, 2.75) is 32.1 Å². The van der Waals surface area contributed by atoms with Gasteiger partial charge in [0.05, 0.1) is 49.9 Å². The Morgan fingerprint density at radius 2 is 0.832 bits per heavy atom. The summed E-state index contributed by atoms with van der Waals surface area (Å²) in [5.74, 6) is 0.592. The van der Waals surface area contributed by atoms with Crippen molar-refractivity contribution in [2.75, 3.05) is 9.80 Å². The topological polar surface area (TPSA) is 42.1 Å². The summed E-state index contributed by atoms with van der Waals surface area (Å²) in [4.78, 5) is 16.5. The molecule has 20 rings (SSSR count). The number of anilines is 5. The Hall–Kier alpha value is -12.6. The molecule has 0 fully saturated rings. The van der Waals surface area contributed by atoms with Crippen molar-refractivity contribution in [1.82, 2.24) is 19.1 Å². The predicted molar refractivity (Wildman–Crippen MR) is 421 cm³/mol. The van der Waals surface area contributed by atoms with Gasteiger partial charge in [-0.05, 0) is 190 Å². The van der Waals surface area contributed by atoms with Gasteiger partial charge in [0.2, 0.25) is 0 Å². The van der Waals surface area contributed by atoms with Crippen LogP contribution in [0.15, 0.2) is 351 Å². The van der Waals surface area contributed by atoms with E-state index >= 15 is 0 Å². The molecule has 0 N–H and O–H groups in total. The predicted octanol–water partition coefficient (Wildman–Crippen LogP) is 24.6. The number of para-hydroxylation sites is 7. The van der Waals surface area contributed by atoms with E-state index in [0.717, 1.165) is 91.6 Å². The van der Waals surface area contributed by atoms with Crippen LogP contribution in [0.25, 0.3) is 116 Å². The minimum absolute atomic E-state index is 0.191. The first-order valence-electron chi connectivity index (χ1n) is 35.4. The third-order valence-corrected chi connectivity index (χ3v) is 22.0. The van der Waals surface area contributed by atoms with Crippen molar-refractivity contribution in [3.05, 3.63) is 373 Å². The van der Waals surface area contributed by atoms with Gasteiger partial charge in [-0.2, -0.15) is 0 Å². The highest BCUT2D eigenvalue weighted by atomic mass is 15.2. The zero-order valence-electron chi connectivity index (χ0n) is 56.1. The second-order valence-corrected chi connectivity index (χ2v) is 27.6. The molecule has 0 saturated carbocycles. The van der Waals surface area contributed by atoms with E-state index < -0.39 is 5.41 Å². The Labute approximate surface area is 587 Å². The maximum atomic E-state index is 5.93. The maximum Gasteiger partial charge on any atom is 0.0973 e. The van der Waals surface area contributed by atoms with Crippen LogP contribution in [0.3, 0.4) is 0 Å². The molecule has 0 saturated heterocycles. The second-order valence-electron chi connectivity index (χ2n) is 27.6. The maximum absolute atomic E-state index is 5.93. The largest absolute Gasteiger partial charge is 0.314 e. The first-order valence-corrected chi connectivity index (χ1v) is 35.4. The molecule has 0 amide bonds. The van der Waals surface area contributed by atoms with Crippen LogP contribution < -0.4 is 9.80 Å². The van der Waals surface area contributed by atoms with E-state index in [1.54, 1.807) is 0 Å². The van der Waals surface area contributed by atoms with Gasteiger partial charge < -0.3 is 18.9 Å². The number of hydrogen-bond acceptors (Lipinski definition) is 4. The molecule has 13 aromatic carbocycles. The van der Waals surface area contributed by atoms with Gasteiger partial charge in [0.1, 0.15) is 0 Å². The fraction of sp³-hybridized carbons (Fsp3) is 0.0737. The van der Waals surface area contributed by atoms with Crippen molar-refractivity contribution < 1.29 is 0 Å². The summed E-state index contributed by atoms with van der Waals surface area (Å²) in [6, 6.07) is 116. The highest BCUT2D eigenvalue weighted by Crippen LogP contribution is 2.64. The van der Waals surface area contributed by atoms with Crippen LogP contribution in [0.2, 0.25) is 0 Å². The fourth-order valence-electron chi connectivity index (χ4n) is 17.6. The molecule has 3 atom stereocenters. The zero-order valence-corrected chi connectivity index (χ0v) is 56.1. The van der Waals surface area contributed by atoms with E-state index in [2.05, 4.69) is 373 Å². The Balaban J connectivity index is 0.728. The molecule has 4 aliphatic carbocycles. The molecule has 0 bridgehead atoms. The number of hydrogen-bond donors (Lipinski definition) is 0. The monoisotopic (exact) mass is 1290 g/mol. The van der Waals surface area contributed by atoms with Crippen LogP contribution in [0, 0.1) is 11.8 Å². The zero-order chi connectivity index (χ0) is 66.9. The molecule has 16 aromatic rings. The summed E-state index contributed by atoms with van der Waals surface area (Å²) in [6.07, 6.45) is 11.4. The molecule has 0 radical (unpaired) electrons. The van der Waals surface area contributed by atoms with Crippen molar-refractivity contribution in [1.29, 1.82) is 0 Å². The molecule has 3 unspecified atom stereocenters. The quantitative estimate of drug-likeness (QED) is 0.129. The van der Waals surface area contributed by atoms with Gasteiger partial charge in [-0.25, -0.2) is 9.97 Å². The lowest BCUT2D eigenvalue weighted by molar-refractivity contribution is 0.667. The van der Waals surface area contributed by atoms with Crippen LogP contribution >= 0.6 is 0 Å². The molecule has 6 heteroatoms. The molecule has 3 heterocycles. The van der Waals surface area contributed by atoms with Gasteiger partial charge in [-0.15, -0.1) is 0 Å². The normalized spacial score (nSPS) is 16.6. The summed E-state index contributed by atoms with van der Waals surface area (Å²) < 4.78 is 4.85. The number of benzene rings is 13. The van der Waals surface area contributed by atoms with Gasteiger partial charge in [-0.3, -0.25) is 0 Å². The molecule has 6 nitrogen and oxygen atoms in total. The first-order chi connectivity index (χ1) is 49.9. The highest BCUT2D eigenvalue weighted by molar-refractivity contribution is 6.11.